The van der Waals surface area contributed by atoms with Crippen molar-refractivity contribution < 1.29 is 14.4 Å². The van der Waals surface area contributed by atoms with Crippen LogP contribution < -0.4 is 0 Å². The van der Waals surface area contributed by atoms with Gasteiger partial charge in [-0.3, -0.25) is 14.4 Å². The molecule has 9 heteroatoms. The molecule has 33 heavy (non-hydrogen) atoms. The van der Waals surface area contributed by atoms with E-state index in [1.807, 2.05) is 0 Å². The third-order valence-electron chi connectivity index (χ3n) is 4.82. The molecule has 4 rings (SSSR count). The van der Waals surface area contributed by atoms with Crippen LogP contribution in [-0.2, 0) is 0 Å². The molecule has 0 amide bonds. The maximum absolute atomic E-state index is 13.4. The molecule has 0 aliphatic rings. The average Bonchev–Trinajstić information content (AvgIpc) is 2.85. The van der Waals surface area contributed by atoms with Gasteiger partial charge in [-0.05, 0) is 73.1 Å². The molecule has 3 aromatic carbocycles. The molecule has 0 radical (unpaired) electrons. The second-order valence-corrected chi connectivity index (χ2v) is 7.96. The van der Waals surface area contributed by atoms with Crippen molar-refractivity contribution in [2.75, 3.05) is 0 Å². The number of carbonyl (C=O) groups excluding carboxylic acids is 3. The lowest BCUT2D eigenvalue weighted by Gasteiger charge is -2.16. The Hall–Kier alpha value is -3.66. The molecule has 0 N–H and O–H groups in total. The molecule has 0 aliphatic carbocycles. The lowest BCUT2D eigenvalue weighted by molar-refractivity contribution is 0.0911. The van der Waals surface area contributed by atoms with E-state index in [9.17, 15) is 14.4 Å². The summed E-state index contributed by atoms with van der Waals surface area (Å²) in [4.78, 5) is 40.1. The van der Waals surface area contributed by atoms with Crippen molar-refractivity contribution in [2.45, 2.75) is 0 Å². The summed E-state index contributed by atoms with van der Waals surface area (Å²) in [6.07, 6.45) is 0. The third kappa shape index (κ3) is 4.21. The van der Waals surface area contributed by atoms with E-state index in [0.717, 1.165) is 13.7 Å². The van der Waals surface area contributed by atoms with Gasteiger partial charge in [0.15, 0.2) is 14.3 Å². The van der Waals surface area contributed by atoms with E-state index >= 15 is 0 Å². The van der Waals surface area contributed by atoms with Gasteiger partial charge in [0.2, 0.25) is 0 Å². The highest BCUT2D eigenvalue weighted by Crippen LogP contribution is 2.13. The molecule has 0 unspecified atom stereocenters. The fraction of sp³-hybridized carbons (Fsp3) is 0. The summed E-state index contributed by atoms with van der Waals surface area (Å²) in [6.45, 7) is 0. The van der Waals surface area contributed by atoms with Gasteiger partial charge in [0.05, 0.1) is 0 Å². The van der Waals surface area contributed by atoms with Crippen LogP contribution >= 0.6 is 36.7 Å². The molecule has 0 aliphatic heterocycles. The molecular weight excluding hydrogens is 474 g/mol. The SMILES string of the molecule is O=C(c1ccccc1)n1c(=S)n(C(=O)c2ccccc2)c(=S)n(C(=O)c2ccccc2)c1=S. The molecule has 0 atom stereocenters. The molecular formula is C24H15N3O3S3. The van der Waals surface area contributed by atoms with Crippen molar-refractivity contribution in [3.8, 4) is 0 Å². The minimum absolute atomic E-state index is 0.218. The first-order valence-corrected chi connectivity index (χ1v) is 10.9. The Bertz CT molecular complexity index is 1340. The minimum atomic E-state index is -0.579. The largest absolute Gasteiger partial charge is 0.268 e. The van der Waals surface area contributed by atoms with Crippen LogP contribution in [0.2, 0.25) is 0 Å². The minimum Gasteiger partial charge on any atom is -0.268 e. The van der Waals surface area contributed by atoms with Crippen LogP contribution in [-0.4, -0.2) is 31.4 Å². The Labute approximate surface area is 204 Å². The molecule has 0 fully saturated rings. The monoisotopic (exact) mass is 489 g/mol. The first-order valence-electron chi connectivity index (χ1n) is 9.72. The topological polar surface area (TPSA) is 66.0 Å². The Morgan fingerprint density at radius 1 is 0.424 bits per heavy atom. The van der Waals surface area contributed by atoms with Gasteiger partial charge in [-0.15, -0.1) is 0 Å². The van der Waals surface area contributed by atoms with Gasteiger partial charge in [0, 0.05) is 16.7 Å². The second-order valence-electron chi connectivity index (χ2n) is 6.87. The highest BCUT2D eigenvalue weighted by atomic mass is 32.1. The van der Waals surface area contributed by atoms with Crippen LogP contribution in [0.25, 0.3) is 0 Å². The van der Waals surface area contributed by atoms with Gasteiger partial charge < -0.3 is 0 Å². The van der Waals surface area contributed by atoms with Crippen molar-refractivity contribution in [1.82, 2.24) is 13.7 Å². The lowest BCUT2D eigenvalue weighted by atomic mass is 10.2. The quantitative estimate of drug-likeness (QED) is 0.362. The molecule has 4 aromatic rings. The number of hydrogen-bond acceptors (Lipinski definition) is 6. The van der Waals surface area contributed by atoms with Crippen molar-refractivity contribution in [3.63, 3.8) is 0 Å². The molecule has 0 spiro atoms. The number of carbonyl (C=O) groups is 3. The summed E-state index contributed by atoms with van der Waals surface area (Å²) in [5.74, 6) is -1.74. The smallest absolute Gasteiger partial charge is 0.266 e. The highest BCUT2D eigenvalue weighted by molar-refractivity contribution is 7.72. The van der Waals surface area contributed by atoms with Gasteiger partial charge in [-0.1, -0.05) is 54.6 Å². The summed E-state index contributed by atoms with van der Waals surface area (Å²) in [6, 6.07) is 24.9. The zero-order chi connectivity index (χ0) is 23.5. The van der Waals surface area contributed by atoms with Crippen LogP contribution in [0.1, 0.15) is 31.1 Å². The van der Waals surface area contributed by atoms with E-state index < -0.39 is 17.7 Å². The highest BCUT2D eigenvalue weighted by Gasteiger charge is 2.23. The molecule has 1 aromatic heterocycles. The predicted molar refractivity (Wildman–Crippen MR) is 131 cm³/mol. The van der Waals surface area contributed by atoms with Crippen LogP contribution in [0.3, 0.4) is 0 Å². The Balaban J connectivity index is 2.05. The molecule has 6 nitrogen and oxygen atoms in total. The normalized spacial score (nSPS) is 10.5. The number of aromatic nitrogens is 3. The average molecular weight is 490 g/mol. The number of hydrogen-bond donors (Lipinski definition) is 0. The summed E-state index contributed by atoms with van der Waals surface area (Å²) >= 11 is 16.5. The fourth-order valence-electron chi connectivity index (χ4n) is 3.20. The van der Waals surface area contributed by atoms with Gasteiger partial charge in [0.25, 0.3) is 17.7 Å². The van der Waals surface area contributed by atoms with Crippen LogP contribution in [0.15, 0.2) is 91.0 Å². The fourth-order valence-corrected chi connectivity index (χ4v) is 4.39. The van der Waals surface area contributed by atoms with E-state index in [2.05, 4.69) is 0 Å². The summed E-state index contributed by atoms with van der Waals surface area (Å²) < 4.78 is 2.30. The molecule has 1 heterocycles. The Morgan fingerprint density at radius 2 is 0.636 bits per heavy atom. The zero-order valence-corrected chi connectivity index (χ0v) is 19.4. The van der Waals surface area contributed by atoms with E-state index in [1.54, 1.807) is 91.0 Å². The zero-order valence-electron chi connectivity index (χ0n) is 17.0. The summed E-state index contributed by atoms with van der Waals surface area (Å²) in [7, 11) is 0. The van der Waals surface area contributed by atoms with Crippen molar-refractivity contribution in [1.29, 1.82) is 0 Å². The van der Waals surface area contributed by atoms with Crippen molar-refractivity contribution in [2.24, 2.45) is 0 Å². The van der Waals surface area contributed by atoms with Crippen LogP contribution in [0.4, 0.5) is 0 Å². The molecule has 0 saturated heterocycles. The number of rotatable bonds is 3. The van der Waals surface area contributed by atoms with E-state index in [4.69, 9.17) is 36.7 Å². The Kier molecular flexibility index (Phi) is 6.45. The third-order valence-corrected chi connectivity index (χ3v) is 5.91. The maximum atomic E-state index is 13.4. The van der Waals surface area contributed by atoms with Gasteiger partial charge in [0.1, 0.15) is 0 Å². The first-order chi connectivity index (χ1) is 15.9. The predicted octanol–water partition coefficient (Wildman–Crippen LogP) is 5.35. The Morgan fingerprint density at radius 3 is 0.848 bits per heavy atom. The van der Waals surface area contributed by atoms with E-state index in [0.29, 0.717) is 0 Å². The standard InChI is InChI=1S/C24H15N3O3S3/c28-19(16-10-4-1-5-11-16)25-22(31)26(20(29)17-12-6-2-7-13-17)24(33)27(23(25)32)21(30)18-14-8-3-9-15-18/h1-15H. The van der Waals surface area contributed by atoms with Crippen LogP contribution in [0.5, 0.6) is 0 Å². The van der Waals surface area contributed by atoms with Gasteiger partial charge >= 0.3 is 0 Å². The van der Waals surface area contributed by atoms with Crippen molar-refractivity contribution >= 4 is 54.4 Å². The first kappa shape index (κ1) is 22.5. The van der Waals surface area contributed by atoms with E-state index in [1.165, 1.54) is 0 Å². The molecule has 0 saturated carbocycles. The lowest BCUT2D eigenvalue weighted by Crippen LogP contribution is -2.31. The second kappa shape index (κ2) is 9.45. The van der Waals surface area contributed by atoms with Gasteiger partial charge in [-0.25, -0.2) is 13.7 Å². The van der Waals surface area contributed by atoms with Crippen LogP contribution in [0, 0.1) is 14.3 Å². The van der Waals surface area contributed by atoms with E-state index in [-0.39, 0.29) is 31.0 Å². The molecule has 162 valence electrons. The van der Waals surface area contributed by atoms with Gasteiger partial charge in [-0.2, -0.15) is 0 Å². The number of nitrogens with zero attached hydrogens (tertiary/aromatic N) is 3. The summed E-state index contributed by atoms with van der Waals surface area (Å²) in [5, 5.41) is 0. The van der Waals surface area contributed by atoms with Crippen molar-refractivity contribution in [3.05, 3.63) is 122 Å². The maximum Gasteiger partial charge on any atom is 0.266 e. The summed E-state index contributed by atoms with van der Waals surface area (Å²) in [5.41, 5.74) is 0.859. The molecule has 0 bridgehead atoms. The number of benzene rings is 3.